The second kappa shape index (κ2) is 6.88. The monoisotopic (exact) mass is 256 g/mol. The van der Waals surface area contributed by atoms with Gasteiger partial charge in [0.05, 0.1) is 6.61 Å². The van der Waals surface area contributed by atoms with Crippen LogP contribution in [0.4, 0.5) is 0 Å². The molecule has 0 bridgehead atoms. The first-order valence-corrected chi connectivity index (χ1v) is 6.27. The molecular weight excluding hydrogens is 240 g/mol. The van der Waals surface area contributed by atoms with E-state index in [9.17, 15) is 0 Å². The third kappa shape index (κ3) is 3.70. The summed E-state index contributed by atoms with van der Waals surface area (Å²) >= 11 is 3.39. The fourth-order valence-electron chi connectivity index (χ4n) is 1.36. The second-order valence-electron chi connectivity index (χ2n) is 3.25. The van der Waals surface area contributed by atoms with Gasteiger partial charge >= 0.3 is 0 Å². The zero-order chi connectivity index (χ0) is 10.2. The largest absolute Gasteiger partial charge is 0.493 e. The number of hydrogen-bond donors (Lipinski definition) is 0. The fraction of sp³-hybridized carbons (Fsp3) is 0.500. The molecule has 0 heterocycles. The van der Waals surface area contributed by atoms with Gasteiger partial charge in [0.25, 0.3) is 0 Å². The van der Waals surface area contributed by atoms with Crippen LogP contribution in [0, 0.1) is 0 Å². The fourth-order valence-corrected chi connectivity index (χ4v) is 1.59. The Hall–Kier alpha value is -0.500. The summed E-state index contributed by atoms with van der Waals surface area (Å²) in [5.74, 6) is 1.05. The Balaban J connectivity index is 2.55. The molecule has 14 heavy (non-hydrogen) atoms. The number of benzene rings is 1. The standard InChI is InChI=1S/C12H17BrO/c1-2-6-11-7-3-4-8-12(11)14-10-5-9-13/h3-4,7-8H,2,5-6,9-10H2,1H3. The average molecular weight is 257 g/mol. The van der Waals surface area contributed by atoms with Crippen LogP contribution in [0.1, 0.15) is 25.3 Å². The molecule has 2 heteroatoms. The highest BCUT2D eigenvalue weighted by atomic mass is 79.9. The van der Waals surface area contributed by atoms with Crippen molar-refractivity contribution in [1.29, 1.82) is 0 Å². The molecule has 0 saturated carbocycles. The average Bonchev–Trinajstić information content (AvgIpc) is 2.21. The minimum absolute atomic E-state index is 0.798. The number of halogens is 1. The van der Waals surface area contributed by atoms with Gasteiger partial charge < -0.3 is 4.74 Å². The minimum atomic E-state index is 0.798. The highest BCUT2D eigenvalue weighted by molar-refractivity contribution is 9.09. The molecule has 0 radical (unpaired) electrons. The van der Waals surface area contributed by atoms with Crippen LogP contribution in [0.3, 0.4) is 0 Å². The molecule has 0 aromatic heterocycles. The summed E-state index contributed by atoms with van der Waals surface area (Å²) in [5, 5.41) is 1.00. The van der Waals surface area contributed by atoms with E-state index in [1.165, 1.54) is 12.0 Å². The molecule has 0 unspecified atom stereocenters. The molecule has 0 atom stereocenters. The van der Waals surface area contributed by atoms with E-state index in [4.69, 9.17) is 4.74 Å². The van der Waals surface area contributed by atoms with Gasteiger partial charge in [-0.25, -0.2) is 0 Å². The third-order valence-corrected chi connectivity index (χ3v) is 2.59. The molecule has 0 amide bonds. The summed E-state index contributed by atoms with van der Waals surface area (Å²) in [5.41, 5.74) is 1.32. The summed E-state index contributed by atoms with van der Waals surface area (Å²) in [4.78, 5) is 0. The van der Waals surface area contributed by atoms with Gasteiger partial charge in [-0.15, -0.1) is 0 Å². The summed E-state index contributed by atoms with van der Waals surface area (Å²) in [6.45, 7) is 2.99. The molecule has 1 aromatic rings. The van der Waals surface area contributed by atoms with Crippen molar-refractivity contribution in [2.75, 3.05) is 11.9 Å². The molecule has 0 N–H and O–H groups in total. The Bertz CT molecular complexity index is 260. The van der Waals surface area contributed by atoms with Gasteiger partial charge in [-0.05, 0) is 24.5 Å². The number of aryl methyl sites for hydroxylation is 1. The van der Waals surface area contributed by atoms with E-state index in [1.807, 2.05) is 6.07 Å². The van der Waals surface area contributed by atoms with E-state index in [-0.39, 0.29) is 0 Å². The molecule has 0 fully saturated rings. The van der Waals surface area contributed by atoms with Crippen LogP contribution in [0.15, 0.2) is 24.3 Å². The van der Waals surface area contributed by atoms with Gasteiger partial charge in [-0.1, -0.05) is 47.5 Å². The van der Waals surface area contributed by atoms with Gasteiger partial charge in [0, 0.05) is 5.33 Å². The predicted octanol–water partition coefficient (Wildman–Crippen LogP) is 3.80. The summed E-state index contributed by atoms with van der Waals surface area (Å²) in [6, 6.07) is 8.30. The normalized spacial score (nSPS) is 10.1. The van der Waals surface area contributed by atoms with Gasteiger partial charge in [-0.2, -0.15) is 0 Å². The maximum Gasteiger partial charge on any atom is 0.122 e. The molecule has 0 aliphatic heterocycles. The Morgan fingerprint density at radius 2 is 2.07 bits per heavy atom. The van der Waals surface area contributed by atoms with Gasteiger partial charge in [0.2, 0.25) is 0 Å². The number of rotatable bonds is 6. The molecule has 78 valence electrons. The molecule has 0 spiro atoms. The smallest absolute Gasteiger partial charge is 0.122 e. The molecule has 1 nitrogen and oxygen atoms in total. The summed E-state index contributed by atoms with van der Waals surface area (Å²) < 4.78 is 5.70. The lowest BCUT2D eigenvalue weighted by Crippen LogP contribution is -2.00. The predicted molar refractivity (Wildman–Crippen MR) is 64.3 cm³/mol. The van der Waals surface area contributed by atoms with Gasteiger partial charge in [-0.3, -0.25) is 0 Å². The molecule has 0 aliphatic rings. The van der Waals surface area contributed by atoms with Crippen molar-refractivity contribution in [2.45, 2.75) is 26.2 Å². The topological polar surface area (TPSA) is 9.23 Å². The minimum Gasteiger partial charge on any atom is -0.493 e. The quantitative estimate of drug-likeness (QED) is 0.556. The lowest BCUT2D eigenvalue weighted by molar-refractivity contribution is 0.315. The van der Waals surface area contributed by atoms with Crippen LogP contribution in [-0.2, 0) is 6.42 Å². The molecule has 1 rings (SSSR count). The Labute approximate surface area is 94.6 Å². The van der Waals surface area contributed by atoms with Crippen LogP contribution < -0.4 is 4.74 Å². The van der Waals surface area contributed by atoms with E-state index in [1.54, 1.807) is 0 Å². The maximum absolute atomic E-state index is 5.70. The summed E-state index contributed by atoms with van der Waals surface area (Å²) in [7, 11) is 0. The lowest BCUT2D eigenvalue weighted by Gasteiger charge is -2.09. The molecule has 0 aliphatic carbocycles. The van der Waals surface area contributed by atoms with E-state index in [0.717, 1.165) is 30.5 Å². The number of para-hydroxylation sites is 1. The van der Waals surface area contributed by atoms with Crippen molar-refractivity contribution >= 4 is 15.9 Å². The highest BCUT2D eigenvalue weighted by Gasteiger charge is 2.00. The summed E-state index contributed by atoms with van der Waals surface area (Å²) in [6.07, 6.45) is 3.32. The zero-order valence-electron chi connectivity index (χ0n) is 8.63. The van der Waals surface area contributed by atoms with Crippen LogP contribution in [0.2, 0.25) is 0 Å². The van der Waals surface area contributed by atoms with Crippen LogP contribution in [-0.4, -0.2) is 11.9 Å². The Morgan fingerprint density at radius 3 is 2.79 bits per heavy atom. The van der Waals surface area contributed by atoms with E-state index >= 15 is 0 Å². The van der Waals surface area contributed by atoms with Crippen LogP contribution >= 0.6 is 15.9 Å². The first-order chi connectivity index (χ1) is 6.88. The molecular formula is C12H17BrO. The molecule has 0 saturated heterocycles. The third-order valence-electron chi connectivity index (χ3n) is 2.03. The van der Waals surface area contributed by atoms with Crippen molar-refractivity contribution in [1.82, 2.24) is 0 Å². The van der Waals surface area contributed by atoms with Gasteiger partial charge in [0.15, 0.2) is 0 Å². The van der Waals surface area contributed by atoms with Crippen molar-refractivity contribution in [3.05, 3.63) is 29.8 Å². The number of hydrogen-bond acceptors (Lipinski definition) is 1. The molecule has 1 aromatic carbocycles. The van der Waals surface area contributed by atoms with Gasteiger partial charge in [0.1, 0.15) is 5.75 Å². The van der Waals surface area contributed by atoms with Crippen LogP contribution in [0.25, 0.3) is 0 Å². The van der Waals surface area contributed by atoms with E-state index in [2.05, 4.69) is 41.1 Å². The maximum atomic E-state index is 5.70. The van der Waals surface area contributed by atoms with E-state index < -0.39 is 0 Å². The van der Waals surface area contributed by atoms with Crippen molar-refractivity contribution in [3.63, 3.8) is 0 Å². The lowest BCUT2D eigenvalue weighted by atomic mass is 10.1. The first-order valence-electron chi connectivity index (χ1n) is 5.15. The number of alkyl halides is 1. The van der Waals surface area contributed by atoms with E-state index in [0.29, 0.717) is 0 Å². The number of ether oxygens (including phenoxy) is 1. The van der Waals surface area contributed by atoms with Crippen molar-refractivity contribution in [3.8, 4) is 5.75 Å². The highest BCUT2D eigenvalue weighted by Crippen LogP contribution is 2.19. The Morgan fingerprint density at radius 1 is 1.29 bits per heavy atom. The first kappa shape index (κ1) is 11.6. The van der Waals surface area contributed by atoms with Crippen molar-refractivity contribution < 1.29 is 4.74 Å². The zero-order valence-corrected chi connectivity index (χ0v) is 10.2. The Kier molecular flexibility index (Phi) is 5.69. The SMILES string of the molecule is CCCc1ccccc1OCCCBr. The second-order valence-corrected chi connectivity index (χ2v) is 4.04. The van der Waals surface area contributed by atoms with Crippen LogP contribution in [0.5, 0.6) is 5.75 Å². The van der Waals surface area contributed by atoms with Crippen molar-refractivity contribution in [2.24, 2.45) is 0 Å².